The number of nitrogens with zero attached hydrogens (tertiary/aromatic N) is 1. The topological polar surface area (TPSA) is 95.9 Å². The Balaban J connectivity index is 1.53. The minimum atomic E-state index is -0.573. The number of methoxy groups -OCH3 is 1. The van der Waals surface area contributed by atoms with Crippen LogP contribution in [0.3, 0.4) is 0 Å². The van der Waals surface area contributed by atoms with Crippen molar-refractivity contribution in [3.05, 3.63) is 46.3 Å². The number of rotatable bonds is 8. The molecular formula is C32H42N2O5S2. The van der Waals surface area contributed by atoms with E-state index in [1.807, 2.05) is 26.6 Å². The number of hydrogen-bond donors (Lipinski definition) is 2. The minimum Gasteiger partial charge on any atom is -0.504 e. The summed E-state index contributed by atoms with van der Waals surface area (Å²) in [6, 6.07) is 5.05. The van der Waals surface area contributed by atoms with E-state index in [1.165, 1.54) is 19.3 Å². The molecule has 1 atom stereocenters. The number of amides is 1. The Hall–Kier alpha value is -2.39. The van der Waals surface area contributed by atoms with E-state index < -0.39 is 5.92 Å². The molecule has 2 heterocycles. The first kappa shape index (κ1) is 30.1. The lowest BCUT2D eigenvalue weighted by Crippen LogP contribution is -2.50. The van der Waals surface area contributed by atoms with Crippen LogP contribution in [0, 0.1) is 10.8 Å². The van der Waals surface area contributed by atoms with Crippen molar-refractivity contribution >= 4 is 39.1 Å². The lowest BCUT2D eigenvalue weighted by atomic mass is 9.64. The Morgan fingerprint density at radius 1 is 1.02 bits per heavy atom. The van der Waals surface area contributed by atoms with Gasteiger partial charge in [-0.1, -0.05) is 61.8 Å². The van der Waals surface area contributed by atoms with E-state index in [4.69, 9.17) is 4.74 Å². The third kappa shape index (κ3) is 6.36. The van der Waals surface area contributed by atoms with Gasteiger partial charge in [0.2, 0.25) is 5.91 Å². The highest BCUT2D eigenvalue weighted by Crippen LogP contribution is 2.54. The zero-order chi connectivity index (χ0) is 29.5. The van der Waals surface area contributed by atoms with Crippen LogP contribution in [-0.2, 0) is 14.4 Å². The van der Waals surface area contributed by atoms with Gasteiger partial charge in [0.25, 0.3) is 0 Å². The van der Waals surface area contributed by atoms with Gasteiger partial charge in [-0.3, -0.25) is 24.8 Å². The van der Waals surface area contributed by atoms with Crippen LogP contribution in [0.2, 0.25) is 0 Å². The van der Waals surface area contributed by atoms with E-state index in [-0.39, 0.29) is 34.1 Å². The summed E-state index contributed by atoms with van der Waals surface area (Å²) in [4.78, 5) is 41.2. The summed E-state index contributed by atoms with van der Waals surface area (Å²) < 4.78 is 5.40. The first-order valence-electron chi connectivity index (χ1n) is 14.7. The zero-order valence-corrected chi connectivity index (χ0v) is 26.4. The second-order valence-corrected chi connectivity index (χ2v) is 16.2. The second kappa shape index (κ2) is 11.7. The molecule has 1 saturated heterocycles. The third-order valence-electron chi connectivity index (χ3n) is 8.59. The van der Waals surface area contributed by atoms with Crippen molar-refractivity contribution in [1.29, 1.82) is 0 Å². The summed E-state index contributed by atoms with van der Waals surface area (Å²) in [5.41, 5.74) is 6.01. The van der Waals surface area contributed by atoms with Crippen LogP contribution >= 0.6 is 21.6 Å². The molecule has 222 valence electrons. The number of carbonyl (C=O) groups is 3. The number of aromatic hydroxyl groups is 1. The monoisotopic (exact) mass is 598 g/mol. The number of nitrogens with one attached hydrogen (secondary N) is 1. The fourth-order valence-electron chi connectivity index (χ4n) is 6.71. The molecule has 1 unspecified atom stereocenters. The predicted octanol–water partition coefficient (Wildman–Crippen LogP) is 6.83. The Morgan fingerprint density at radius 2 is 1.66 bits per heavy atom. The van der Waals surface area contributed by atoms with Crippen LogP contribution in [0.15, 0.2) is 40.7 Å². The fraction of sp³-hybridized carbons (Fsp3) is 0.594. The smallest absolute Gasteiger partial charge is 0.238 e. The van der Waals surface area contributed by atoms with Crippen LogP contribution in [0.25, 0.3) is 0 Å². The van der Waals surface area contributed by atoms with E-state index in [0.29, 0.717) is 54.2 Å². The van der Waals surface area contributed by atoms with Crippen molar-refractivity contribution in [3.63, 3.8) is 0 Å². The summed E-state index contributed by atoms with van der Waals surface area (Å²) in [6.07, 6.45) is 6.51. The molecule has 0 radical (unpaired) electrons. The standard InChI is InChI=1S/C32H42N2O5S2/c1-31(2)15-21-29(24(36)17-31)28(19-10-11-23(35)26(14-19)39-5)30-22(16-32(3,4)18-25(30)37)34(21)33-27(38)9-7-6-8-20-12-13-40-41-20/h10-11,14,20,28,35H,6-9,12-13,15-18H2,1-5H3,(H,33,38). The predicted molar refractivity (Wildman–Crippen MR) is 164 cm³/mol. The zero-order valence-electron chi connectivity index (χ0n) is 24.8. The molecule has 1 amide bonds. The summed E-state index contributed by atoms with van der Waals surface area (Å²) in [5.74, 6) is 0.825. The lowest BCUT2D eigenvalue weighted by Gasteiger charge is -2.48. The number of phenols is 1. The highest BCUT2D eigenvalue weighted by Gasteiger charge is 2.49. The Kier molecular flexibility index (Phi) is 8.59. The number of unbranched alkanes of at least 4 members (excludes halogenated alkanes) is 1. The minimum absolute atomic E-state index is 0.00171. The van der Waals surface area contributed by atoms with Gasteiger partial charge in [-0.2, -0.15) is 0 Å². The molecule has 0 bridgehead atoms. The maximum absolute atomic E-state index is 13.9. The maximum atomic E-state index is 13.9. The lowest BCUT2D eigenvalue weighted by molar-refractivity contribution is -0.127. The SMILES string of the molecule is COc1cc(C2C3=C(CC(C)(C)CC3=O)N(NC(=O)CCCCC3CCSS3)C3=C2C(=O)CC(C)(C)C3)ccc1O. The van der Waals surface area contributed by atoms with Gasteiger partial charge in [0.1, 0.15) is 0 Å². The summed E-state index contributed by atoms with van der Waals surface area (Å²) in [6.45, 7) is 8.30. The van der Waals surface area contributed by atoms with Gasteiger partial charge in [-0.25, -0.2) is 0 Å². The molecule has 5 rings (SSSR count). The first-order chi connectivity index (χ1) is 19.4. The van der Waals surface area contributed by atoms with Crippen molar-refractivity contribution in [2.45, 2.75) is 96.7 Å². The number of hydrogen-bond acceptors (Lipinski definition) is 8. The molecule has 1 fully saturated rings. The van der Waals surface area contributed by atoms with Gasteiger partial charge < -0.3 is 9.84 Å². The fourth-order valence-corrected chi connectivity index (χ4v) is 9.74. The van der Waals surface area contributed by atoms with Crippen molar-refractivity contribution in [2.24, 2.45) is 10.8 Å². The van der Waals surface area contributed by atoms with Crippen LogP contribution in [0.1, 0.15) is 97.0 Å². The Bertz CT molecular complexity index is 1250. The summed E-state index contributed by atoms with van der Waals surface area (Å²) in [5, 5.41) is 12.8. The molecular weight excluding hydrogens is 556 g/mol. The van der Waals surface area contributed by atoms with Gasteiger partial charge in [0.15, 0.2) is 23.1 Å². The molecule has 4 aliphatic rings. The normalized spacial score (nSPS) is 23.9. The molecule has 1 aromatic rings. The Morgan fingerprint density at radius 3 is 2.22 bits per heavy atom. The number of ether oxygens (including phenoxy) is 1. The molecule has 0 saturated carbocycles. The van der Waals surface area contributed by atoms with E-state index in [2.05, 4.69) is 33.1 Å². The average Bonchev–Trinajstić information content (AvgIpc) is 3.40. The molecule has 0 aromatic heterocycles. The number of benzene rings is 1. The number of phenolic OH excluding ortho intramolecular Hbond substituents is 1. The van der Waals surface area contributed by atoms with Crippen molar-refractivity contribution in [2.75, 3.05) is 12.9 Å². The first-order valence-corrected chi connectivity index (χ1v) is 17.0. The highest BCUT2D eigenvalue weighted by molar-refractivity contribution is 8.77. The Labute approximate surface area is 251 Å². The maximum Gasteiger partial charge on any atom is 0.238 e. The second-order valence-electron chi connectivity index (χ2n) is 13.4. The van der Waals surface area contributed by atoms with Gasteiger partial charge in [-0.15, -0.1) is 0 Å². The summed E-state index contributed by atoms with van der Waals surface area (Å²) in [7, 11) is 5.39. The van der Waals surface area contributed by atoms with Gasteiger partial charge >= 0.3 is 0 Å². The third-order valence-corrected chi connectivity index (χ3v) is 11.6. The van der Waals surface area contributed by atoms with E-state index in [9.17, 15) is 19.5 Å². The van der Waals surface area contributed by atoms with Crippen LogP contribution in [0.5, 0.6) is 11.5 Å². The van der Waals surface area contributed by atoms with Crippen LogP contribution < -0.4 is 10.2 Å². The van der Waals surface area contributed by atoms with E-state index in [1.54, 1.807) is 18.2 Å². The van der Waals surface area contributed by atoms with E-state index in [0.717, 1.165) is 36.2 Å². The molecule has 0 spiro atoms. The number of Topliss-reactive ketones (excluding diaryl/α,β-unsaturated/α-hetero) is 2. The molecule has 1 aromatic carbocycles. The average molecular weight is 599 g/mol. The quantitative estimate of drug-likeness (QED) is 0.248. The van der Waals surface area contributed by atoms with E-state index >= 15 is 0 Å². The van der Waals surface area contributed by atoms with Crippen molar-refractivity contribution < 1.29 is 24.2 Å². The van der Waals surface area contributed by atoms with Gasteiger partial charge in [0.05, 0.1) is 7.11 Å². The molecule has 2 aliphatic carbocycles. The number of ketones is 2. The van der Waals surface area contributed by atoms with Gasteiger partial charge in [0, 0.05) is 58.7 Å². The van der Waals surface area contributed by atoms with Crippen LogP contribution in [0.4, 0.5) is 0 Å². The van der Waals surface area contributed by atoms with Crippen molar-refractivity contribution in [1.82, 2.24) is 10.4 Å². The molecule has 7 nitrogen and oxygen atoms in total. The van der Waals surface area contributed by atoms with Crippen molar-refractivity contribution in [3.8, 4) is 11.5 Å². The molecule has 9 heteroatoms. The highest BCUT2D eigenvalue weighted by atomic mass is 33.1. The largest absolute Gasteiger partial charge is 0.504 e. The molecule has 2 N–H and O–H groups in total. The number of hydrazine groups is 1. The molecule has 2 aliphatic heterocycles. The van der Waals surface area contributed by atoms with Crippen LogP contribution in [-0.4, -0.2) is 45.7 Å². The summed E-state index contributed by atoms with van der Waals surface area (Å²) >= 11 is 0. The number of carbonyl (C=O) groups excluding carboxylic acids is 3. The number of allylic oxidation sites excluding steroid dienone is 4. The molecule has 41 heavy (non-hydrogen) atoms. The van der Waals surface area contributed by atoms with Gasteiger partial charge in [-0.05, 0) is 60.6 Å².